The van der Waals surface area contributed by atoms with Gasteiger partial charge in [0.05, 0.1) is 0 Å². The summed E-state index contributed by atoms with van der Waals surface area (Å²) >= 11 is 0. The second-order valence-electron chi connectivity index (χ2n) is 9.60. The van der Waals surface area contributed by atoms with E-state index in [9.17, 15) is 24.3 Å². The minimum absolute atomic E-state index is 0.0207. The predicted octanol–water partition coefficient (Wildman–Crippen LogP) is 2.29. The Morgan fingerprint density at radius 3 is 2.02 bits per heavy atom. The van der Waals surface area contributed by atoms with Crippen molar-refractivity contribution in [1.29, 1.82) is 0 Å². The number of phenolic OH excluding ortho intramolecular Hbond substituents is 1. The Kier molecular flexibility index (Phi) is 10.1. The fourth-order valence-corrected chi connectivity index (χ4v) is 4.32. The van der Waals surface area contributed by atoms with E-state index in [4.69, 9.17) is 28.4 Å². The van der Waals surface area contributed by atoms with E-state index in [2.05, 4.69) is 10.2 Å². The molecule has 3 rings (SSSR count). The fourth-order valence-electron chi connectivity index (χ4n) is 4.32. The first kappa shape index (κ1) is 30.4. The number of benzene rings is 1. The van der Waals surface area contributed by atoms with Crippen LogP contribution < -0.4 is 4.74 Å². The first-order valence-electron chi connectivity index (χ1n) is 12.7. The first-order chi connectivity index (χ1) is 18.8. The summed E-state index contributed by atoms with van der Waals surface area (Å²) in [5, 5.41) is 16.9. The van der Waals surface area contributed by atoms with Crippen LogP contribution in [0.2, 0.25) is 0 Å². The quantitative estimate of drug-likeness (QED) is 0.320. The number of carbonyl (C=O) groups is 4. The molecule has 0 unspecified atom stereocenters. The summed E-state index contributed by atoms with van der Waals surface area (Å²) in [6.07, 6.45) is -6.26. The Balaban J connectivity index is 2.04. The monoisotopic (exact) mass is 562 g/mol. The molecule has 0 spiro atoms. The van der Waals surface area contributed by atoms with Crippen LogP contribution >= 0.6 is 0 Å². The van der Waals surface area contributed by atoms with Gasteiger partial charge in [-0.1, -0.05) is 26.0 Å². The van der Waals surface area contributed by atoms with E-state index in [0.29, 0.717) is 12.0 Å². The summed E-state index contributed by atoms with van der Waals surface area (Å²) in [5.41, 5.74) is 2.30. The summed E-state index contributed by atoms with van der Waals surface area (Å²) in [6.45, 7) is 8.17. The van der Waals surface area contributed by atoms with Crippen molar-refractivity contribution in [2.45, 2.75) is 84.6 Å². The second kappa shape index (κ2) is 13.3. The number of nitrogens with zero attached hydrogens (tertiary/aromatic N) is 1. The number of rotatable bonds is 10. The summed E-state index contributed by atoms with van der Waals surface area (Å²) < 4.78 is 33.6. The molecule has 1 aromatic carbocycles. The van der Waals surface area contributed by atoms with Gasteiger partial charge in [0.2, 0.25) is 18.3 Å². The van der Waals surface area contributed by atoms with Crippen molar-refractivity contribution in [3.63, 3.8) is 0 Å². The second-order valence-corrected chi connectivity index (χ2v) is 9.60. The molecule has 1 aliphatic heterocycles. The number of phenols is 1. The smallest absolute Gasteiger partial charge is 0.303 e. The Hall–Kier alpha value is -4.13. The van der Waals surface area contributed by atoms with Gasteiger partial charge in [0.25, 0.3) is 0 Å². The number of hydrogen-bond donors (Lipinski definition) is 2. The van der Waals surface area contributed by atoms with Crippen LogP contribution in [-0.2, 0) is 49.3 Å². The normalized spacial score (nSPS) is 22.3. The number of nitrogens with one attached hydrogen (secondary N) is 1. The van der Waals surface area contributed by atoms with Crippen LogP contribution in [0.5, 0.6) is 11.6 Å². The Morgan fingerprint density at radius 2 is 1.48 bits per heavy atom. The number of aromatic nitrogens is 2. The summed E-state index contributed by atoms with van der Waals surface area (Å²) in [4.78, 5) is 47.7. The molecule has 0 amide bonds. The molecular formula is C27H34N2O11. The Morgan fingerprint density at radius 1 is 0.900 bits per heavy atom. The molecule has 1 fully saturated rings. The summed E-state index contributed by atoms with van der Waals surface area (Å²) in [6, 6.07) is 6.63. The SMILES string of the molecule is CC(=O)OC[C@H]1O[C@@H](Oc2n[nH]c(C(C)C)c2Cc2ccc(O)cc2)[C@H](OC(C)=O)[C@@H](OC(C)=O)[C@@H]1OC(C)=O. The van der Waals surface area contributed by atoms with E-state index in [0.717, 1.165) is 32.0 Å². The van der Waals surface area contributed by atoms with Crippen LogP contribution in [-0.4, -0.2) is 76.5 Å². The molecule has 1 aromatic heterocycles. The molecule has 0 bridgehead atoms. The molecule has 13 nitrogen and oxygen atoms in total. The molecule has 0 saturated carbocycles. The van der Waals surface area contributed by atoms with Crippen LogP contribution in [0.25, 0.3) is 0 Å². The van der Waals surface area contributed by atoms with Gasteiger partial charge < -0.3 is 33.5 Å². The van der Waals surface area contributed by atoms with Crippen molar-refractivity contribution in [3.05, 3.63) is 41.1 Å². The molecule has 2 N–H and O–H groups in total. The van der Waals surface area contributed by atoms with Crippen molar-refractivity contribution >= 4 is 23.9 Å². The third-order valence-corrected chi connectivity index (χ3v) is 5.93. The van der Waals surface area contributed by atoms with E-state index >= 15 is 0 Å². The average Bonchev–Trinajstić information content (AvgIpc) is 3.24. The number of aromatic amines is 1. The number of carbonyl (C=O) groups excluding carboxylic acids is 4. The van der Waals surface area contributed by atoms with E-state index in [1.54, 1.807) is 24.3 Å². The maximum atomic E-state index is 12.1. The van der Waals surface area contributed by atoms with Crippen LogP contribution in [0, 0.1) is 0 Å². The fraction of sp³-hybridized carbons (Fsp3) is 0.519. The molecule has 2 heterocycles. The number of H-pyrrole nitrogens is 1. The lowest BCUT2D eigenvalue weighted by Crippen LogP contribution is -2.63. The van der Waals surface area contributed by atoms with Crippen molar-refractivity contribution in [3.8, 4) is 11.6 Å². The third-order valence-electron chi connectivity index (χ3n) is 5.93. The highest BCUT2D eigenvalue weighted by Gasteiger charge is 2.53. The van der Waals surface area contributed by atoms with Crippen LogP contribution in [0.3, 0.4) is 0 Å². The Labute approximate surface area is 231 Å². The lowest BCUT2D eigenvalue weighted by atomic mass is 9.97. The van der Waals surface area contributed by atoms with Gasteiger partial charge in [0, 0.05) is 45.4 Å². The highest BCUT2D eigenvalue weighted by Crippen LogP contribution is 2.34. The van der Waals surface area contributed by atoms with Gasteiger partial charge in [-0.2, -0.15) is 0 Å². The minimum atomic E-state index is -1.41. The standard InChI is InChI=1S/C27H34N2O11/c1-13(2)22-20(11-18-7-9-19(34)10-8-18)26(29-28-22)40-27-25(38-17(6)33)24(37-16(5)32)23(36-15(4)31)21(39-27)12-35-14(3)30/h7-10,13,21,23-25,27,34H,11-12H2,1-6H3,(H,28,29)/t21-,23-,24+,25-,27+/m1/s1. The van der Waals surface area contributed by atoms with E-state index in [1.165, 1.54) is 6.92 Å². The molecule has 13 heteroatoms. The maximum absolute atomic E-state index is 12.1. The zero-order valence-corrected chi connectivity index (χ0v) is 23.2. The third kappa shape index (κ3) is 7.94. The lowest BCUT2D eigenvalue weighted by Gasteiger charge is -2.43. The van der Waals surface area contributed by atoms with Gasteiger partial charge in [-0.15, -0.1) is 5.10 Å². The van der Waals surface area contributed by atoms with Crippen molar-refractivity contribution < 1.29 is 52.7 Å². The zero-order valence-electron chi connectivity index (χ0n) is 23.2. The van der Waals surface area contributed by atoms with Gasteiger partial charge in [-0.25, -0.2) is 0 Å². The molecule has 2 aromatic rings. The van der Waals surface area contributed by atoms with Crippen molar-refractivity contribution in [2.75, 3.05) is 6.61 Å². The van der Waals surface area contributed by atoms with Gasteiger partial charge in [0.1, 0.15) is 18.5 Å². The lowest BCUT2D eigenvalue weighted by molar-refractivity contribution is -0.289. The molecule has 40 heavy (non-hydrogen) atoms. The van der Waals surface area contributed by atoms with E-state index in [1.807, 2.05) is 13.8 Å². The van der Waals surface area contributed by atoms with E-state index in [-0.39, 0.29) is 24.2 Å². The van der Waals surface area contributed by atoms with Gasteiger partial charge in [-0.05, 0) is 23.6 Å². The zero-order chi connectivity index (χ0) is 29.6. The summed E-state index contributed by atoms with van der Waals surface area (Å²) in [7, 11) is 0. The van der Waals surface area contributed by atoms with Gasteiger partial charge >= 0.3 is 23.9 Å². The van der Waals surface area contributed by atoms with E-state index < -0.39 is 54.6 Å². The van der Waals surface area contributed by atoms with Crippen molar-refractivity contribution in [1.82, 2.24) is 10.2 Å². The maximum Gasteiger partial charge on any atom is 0.303 e. The number of ether oxygens (including phenoxy) is 6. The molecular weight excluding hydrogens is 528 g/mol. The highest BCUT2D eigenvalue weighted by atomic mass is 16.7. The molecule has 1 aliphatic rings. The molecule has 1 saturated heterocycles. The van der Waals surface area contributed by atoms with Crippen LogP contribution in [0.1, 0.15) is 64.3 Å². The van der Waals surface area contributed by atoms with Gasteiger partial charge in [-0.3, -0.25) is 24.3 Å². The largest absolute Gasteiger partial charge is 0.508 e. The molecule has 218 valence electrons. The Bertz CT molecular complexity index is 1210. The minimum Gasteiger partial charge on any atom is -0.508 e. The topological polar surface area (TPSA) is 173 Å². The molecule has 5 atom stereocenters. The highest BCUT2D eigenvalue weighted by molar-refractivity contribution is 5.68. The van der Waals surface area contributed by atoms with Crippen LogP contribution in [0.4, 0.5) is 0 Å². The number of esters is 4. The van der Waals surface area contributed by atoms with Gasteiger partial charge in [0.15, 0.2) is 12.2 Å². The molecule has 0 radical (unpaired) electrons. The predicted molar refractivity (Wildman–Crippen MR) is 136 cm³/mol. The summed E-state index contributed by atoms with van der Waals surface area (Å²) in [5.74, 6) is -2.59. The van der Waals surface area contributed by atoms with Crippen LogP contribution in [0.15, 0.2) is 24.3 Å². The number of aromatic hydroxyl groups is 1. The van der Waals surface area contributed by atoms with Crippen molar-refractivity contribution in [2.24, 2.45) is 0 Å². The number of hydrogen-bond acceptors (Lipinski definition) is 12. The first-order valence-corrected chi connectivity index (χ1v) is 12.7. The molecule has 0 aliphatic carbocycles. The average molecular weight is 563 g/mol.